The van der Waals surface area contributed by atoms with Gasteiger partial charge in [0.2, 0.25) is 0 Å². The molecule has 1 heterocycles. The molecule has 0 saturated heterocycles. The maximum Gasteiger partial charge on any atom is 0.131 e. The van der Waals surface area contributed by atoms with Crippen LogP contribution in [-0.2, 0) is 20.1 Å². The molecular weight excluding hydrogens is 250 g/mol. The summed E-state index contributed by atoms with van der Waals surface area (Å²) in [6.07, 6.45) is 0. The van der Waals surface area contributed by atoms with Gasteiger partial charge in [0, 0.05) is 25.7 Å². The maximum absolute atomic E-state index is 9.19. The quantitative estimate of drug-likeness (QED) is 0.892. The van der Waals surface area contributed by atoms with E-state index in [0.29, 0.717) is 11.7 Å². The van der Waals surface area contributed by atoms with E-state index in [1.165, 1.54) is 0 Å². The van der Waals surface area contributed by atoms with Crippen LogP contribution >= 0.6 is 11.6 Å². The minimum absolute atomic E-state index is 0.282. The number of benzene rings is 1. The van der Waals surface area contributed by atoms with Crippen molar-refractivity contribution < 1.29 is 5.11 Å². The third kappa shape index (κ3) is 2.83. The van der Waals surface area contributed by atoms with Crippen LogP contribution in [0.3, 0.4) is 0 Å². The molecule has 2 aromatic rings. The lowest BCUT2D eigenvalue weighted by Gasteiger charge is -2.05. The summed E-state index contributed by atoms with van der Waals surface area (Å²) in [5, 5.41) is 17.4. The Morgan fingerprint density at radius 1 is 1.28 bits per heavy atom. The van der Waals surface area contributed by atoms with Gasteiger partial charge in [-0.25, -0.2) is 0 Å². The van der Waals surface area contributed by atoms with Gasteiger partial charge in [0.05, 0.1) is 5.69 Å². The average Bonchev–Trinajstić information content (AvgIpc) is 2.58. The normalized spacial score (nSPS) is 10.8. The highest BCUT2D eigenvalue weighted by molar-refractivity contribution is 6.30. The van der Waals surface area contributed by atoms with E-state index < -0.39 is 0 Å². The smallest absolute Gasteiger partial charge is 0.131 e. The Labute approximate surface area is 111 Å². The molecule has 1 aromatic carbocycles. The number of phenolic OH excluding ortho intramolecular Hbond substituents is 1. The first-order chi connectivity index (χ1) is 8.58. The molecule has 0 aliphatic carbocycles. The Morgan fingerprint density at radius 3 is 2.50 bits per heavy atom. The van der Waals surface area contributed by atoms with Gasteiger partial charge in [-0.15, -0.1) is 0 Å². The fourth-order valence-electron chi connectivity index (χ4n) is 1.82. The lowest BCUT2D eigenvalue weighted by molar-refractivity contribution is 0.475. The number of halogens is 1. The molecule has 0 fully saturated rings. The van der Waals surface area contributed by atoms with E-state index in [0.717, 1.165) is 23.4 Å². The fourth-order valence-corrected chi connectivity index (χ4v) is 2.06. The van der Waals surface area contributed by atoms with Crippen LogP contribution in [0.2, 0.25) is 5.15 Å². The summed E-state index contributed by atoms with van der Waals surface area (Å²) in [6.45, 7) is 3.35. The summed E-state index contributed by atoms with van der Waals surface area (Å²) in [6, 6.07) is 7.14. The molecule has 96 valence electrons. The van der Waals surface area contributed by atoms with Crippen LogP contribution in [0.1, 0.15) is 16.8 Å². The third-order valence-electron chi connectivity index (χ3n) is 2.84. The molecule has 0 aliphatic heterocycles. The van der Waals surface area contributed by atoms with Crippen molar-refractivity contribution in [2.45, 2.75) is 20.0 Å². The predicted octanol–water partition coefficient (Wildman–Crippen LogP) is 2.38. The molecule has 0 amide bonds. The van der Waals surface area contributed by atoms with Crippen LogP contribution in [0.5, 0.6) is 5.75 Å². The van der Waals surface area contributed by atoms with Crippen LogP contribution in [0, 0.1) is 6.92 Å². The molecule has 0 aliphatic rings. The lowest BCUT2D eigenvalue weighted by Crippen LogP contribution is -2.13. The molecule has 0 unspecified atom stereocenters. The predicted molar refractivity (Wildman–Crippen MR) is 71.6 cm³/mol. The molecule has 0 spiro atoms. The van der Waals surface area contributed by atoms with Crippen molar-refractivity contribution in [3.63, 3.8) is 0 Å². The largest absolute Gasteiger partial charge is 0.508 e. The number of nitrogens with zero attached hydrogens (tertiary/aromatic N) is 2. The summed E-state index contributed by atoms with van der Waals surface area (Å²) in [7, 11) is 1.83. The number of phenols is 1. The number of aryl methyl sites for hydroxylation is 2. The van der Waals surface area contributed by atoms with Crippen molar-refractivity contribution in [3.8, 4) is 5.75 Å². The van der Waals surface area contributed by atoms with Crippen LogP contribution in [0.15, 0.2) is 24.3 Å². The van der Waals surface area contributed by atoms with Gasteiger partial charge in [0.1, 0.15) is 10.9 Å². The van der Waals surface area contributed by atoms with Crippen molar-refractivity contribution >= 4 is 11.6 Å². The summed E-state index contributed by atoms with van der Waals surface area (Å²) in [5.74, 6) is 0.282. The summed E-state index contributed by atoms with van der Waals surface area (Å²) in [5.41, 5.74) is 3.09. The molecule has 4 nitrogen and oxygen atoms in total. The van der Waals surface area contributed by atoms with Gasteiger partial charge in [-0.3, -0.25) is 4.68 Å². The first-order valence-corrected chi connectivity index (χ1v) is 6.12. The fraction of sp³-hybridized carbons (Fsp3) is 0.308. The number of hydrogen-bond acceptors (Lipinski definition) is 3. The Balaban J connectivity index is 1.94. The van der Waals surface area contributed by atoms with Gasteiger partial charge in [0.15, 0.2) is 0 Å². The maximum atomic E-state index is 9.19. The second kappa shape index (κ2) is 5.42. The highest BCUT2D eigenvalue weighted by Crippen LogP contribution is 2.18. The van der Waals surface area contributed by atoms with E-state index in [9.17, 15) is 5.11 Å². The minimum atomic E-state index is 0.282. The zero-order chi connectivity index (χ0) is 13.1. The zero-order valence-corrected chi connectivity index (χ0v) is 11.2. The monoisotopic (exact) mass is 265 g/mol. The highest BCUT2D eigenvalue weighted by Gasteiger charge is 2.10. The zero-order valence-electron chi connectivity index (χ0n) is 10.4. The summed E-state index contributed by atoms with van der Waals surface area (Å²) < 4.78 is 1.68. The first-order valence-electron chi connectivity index (χ1n) is 5.74. The summed E-state index contributed by atoms with van der Waals surface area (Å²) in [4.78, 5) is 0. The van der Waals surface area contributed by atoms with E-state index in [2.05, 4.69) is 10.4 Å². The molecule has 0 saturated carbocycles. The van der Waals surface area contributed by atoms with E-state index in [-0.39, 0.29) is 5.75 Å². The van der Waals surface area contributed by atoms with E-state index in [1.807, 2.05) is 26.1 Å². The number of aromatic nitrogens is 2. The number of hydrogen-bond donors (Lipinski definition) is 2. The van der Waals surface area contributed by atoms with E-state index in [4.69, 9.17) is 11.6 Å². The number of nitrogens with one attached hydrogen (secondary N) is 1. The number of rotatable bonds is 4. The van der Waals surface area contributed by atoms with Gasteiger partial charge >= 0.3 is 0 Å². The van der Waals surface area contributed by atoms with Gasteiger partial charge in [0.25, 0.3) is 0 Å². The van der Waals surface area contributed by atoms with E-state index >= 15 is 0 Å². The Hall–Kier alpha value is -1.52. The molecule has 2 rings (SSSR count). The molecule has 2 N–H and O–H groups in total. The van der Waals surface area contributed by atoms with Crippen molar-refractivity contribution in [1.29, 1.82) is 0 Å². The second-order valence-electron chi connectivity index (χ2n) is 4.25. The molecule has 5 heteroatoms. The SMILES string of the molecule is Cc1nn(C)c(Cl)c1CNCc1ccc(O)cc1. The van der Waals surface area contributed by atoms with Gasteiger partial charge in [-0.1, -0.05) is 23.7 Å². The second-order valence-corrected chi connectivity index (χ2v) is 4.61. The number of aromatic hydroxyl groups is 1. The molecule has 0 atom stereocenters. The average molecular weight is 266 g/mol. The minimum Gasteiger partial charge on any atom is -0.508 e. The highest BCUT2D eigenvalue weighted by atomic mass is 35.5. The van der Waals surface area contributed by atoms with Crippen LogP contribution in [0.25, 0.3) is 0 Å². The van der Waals surface area contributed by atoms with Crippen molar-refractivity contribution in [3.05, 3.63) is 46.2 Å². The van der Waals surface area contributed by atoms with Crippen molar-refractivity contribution in [2.75, 3.05) is 0 Å². The van der Waals surface area contributed by atoms with Gasteiger partial charge in [-0.2, -0.15) is 5.10 Å². The third-order valence-corrected chi connectivity index (χ3v) is 3.31. The van der Waals surface area contributed by atoms with Gasteiger partial charge in [-0.05, 0) is 24.6 Å². The first kappa shape index (κ1) is 12.9. The summed E-state index contributed by atoms with van der Waals surface area (Å²) >= 11 is 6.14. The molecular formula is C13H16ClN3O. The van der Waals surface area contributed by atoms with Crippen molar-refractivity contribution in [2.24, 2.45) is 7.05 Å². The lowest BCUT2D eigenvalue weighted by atomic mass is 10.2. The van der Waals surface area contributed by atoms with Crippen LogP contribution in [0.4, 0.5) is 0 Å². The molecule has 18 heavy (non-hydrogen) atoms. The van der Waals surface area contributed by atoms with Crippen LogP contribution in [-0.4, -0.2) is 14.9 Å². The van der Waals surface area contributed by atoms with Crippen molar-refractivity contribution in [1.82, 2.24) is 15.1 Å². The Morgan fingerprint density at radius 2 is 1.94 bits per heavy atom. The topological polar surface area (TPSA) is 50.1 Å². The Bertz CT molecular complexity index is 534. The molecule has 0 bridgehead atoms. The Kier molecular flexibility index (Phi) is 3.89. The van der Waals surface area contributed by atoms with Gasteiger partial charge < -0.3 is 10.4 Å². The van der Waals surface area contributed by atoms with E-state index in [1.54, 1.807) is 16.8 Å². The molecule has 1 aromatic heterocycles. The molecule has 0 radical (unpaired) electrons. The standard InChI is InChI=1S/C13H16ClN3O/c1-9-12(13(14)17(2)16-9)8-15-7-10-3-5-11(18)6-4-10/h3-6,15,18H,7-8H2,1-2H3. The van der Waals surface area contributed by atoms with Crippen LogP contribution < -0.4 is 5.32 Å².